The van der Waals surface area contributed by atoms with Gasteiger partial charge in [-0.1, -0.05) is 12.1 Å². The van der Waals surface area contributed by atoms with Gasteiger partial charge in [0.1, 0.15) is 0 Å². The van der Waals surface area contributed by atoms with Crippen LogP contribution in [-0.4, -0.2) is 50.7 Å². The lowest BCUT2D eigenvalue weighted by atomic mass is 10.2. The van der Waals surface area contributed by atoms with Crippen molar-refractivity contribution in [3.8, 4) is 0 Å². The van der Waals surface area contributed by atoms with Gasteiger partial charge in [0.2, 0.25) is 5.91 Å². The second-order valence-corrected chi connectivity index (χ2v) is 5.40. The van der Waals surface area contributed by atoms with E-state index in [9.17, 15) is 4.79 Å². The lowest BCUT2D eigenvalue weighted by molar-refractivity contribution is -0.115. The predicted octanol–water partition coefficient (Wildman–Crippen LogP) is 1.46. The molecule has 1 aliphatic rings. The third kappa shape index (κ3) is 5.83. The molecule has 0 saturated carbocycles. The third-order valence-electron chi connectivity index (χ3n) is 3.58. The fourth-order valence-corrected chi connectivity index (χ4v) is 2.53. The highest BCUT2D eigenvalue weighted by Gasteiger charge is 2.12. The number of amides is 1. The molecule has 0 aromatic heterocycles. The van der Waals surface area contributed by atoms with Gasteiger partial charge in [-0.15, -0.1) is 0 Å². The minimum Gasteiger partial charge on any atom is -0.383 e. The average molecular weight is 291 g/mol. The van der Waals surface area contributed by atoms with Gasteiger partial charge < -0.3 is 15.4 Å². The lowest BCUT2D eigenvalue weighted by Gasteiger charge is -2.15. The summed E-state index contributed by atoms with van der Waals surface area (Å²) in [5, 5.41) is 5.96. The van der Waals surface area contributed by atoms with E-state index >= 15 is 0 Å². The summed E-state index contributed by atoms with van der Waals surface area (Å²) in [6.07, 6.45) is 2.59. The summed E-state index contributed by atoms with van der Waals surface area (Å²) >= 11 is 0. The van der Waals surface area contributed by atoms with Crippen LogP contribution in [-0.2, 0) is 16.1 Å². The smallest absolute Gasteiger partial charge is 0.238 e. The van der Waals surface area contributed by atoms with Crippen molar-refractivity contribution in [1.29, 1.82) is 0 Å². The van der Waals surface area contributed by atoms with Crippen LogP contribution >= 0.6 is 0 Å². The Labute approximate surface area is 126 Å². The van der Waals surface area contributed by atoms with Crippen molar-refractivity contribution in [2.24, 2.45) is 0 Å². The molecule has 2 rings (SSSR count). The Morgan fingerprint density at radius 1 is 1.33 bits per heavy atom. The van der Waals surface area contributed by atoms with Crippen molar-refractivity contribution in [2.45, 2.75) is 19.4 Å². The van der Waals surface area contributed by atoms with Crippen LogP contribution < -0.4 is 10.6 Å². The quantitative estimate of drug-likeness (QED) is 0.712. The Morgan fingerprint density at radius 3 is 2.90 bits per heavy atom. The highest BCUT2D eigenvalue weighted by atomic mass is 16.5. The number of hydrogen-bond donors (Lipinski definition) is 2. The fraction of sp³-hybridized carbons (Fsp3) is 0.562. The number of likely N-dealkylation sites (tertiary alicyclic amines) is 1. The van der Waals surface area contributed by atoms with E-state index < -0.39 is 0 Å². The van der Waals surface area contributed by atoms with Crippen molar-refractivity contribution < 1.29 is 9.53 Å². The molecule has 21 heavy (non-hydrogen) atoms. The number of carbonyl (C=O) groups excluding carboxylic acids is 1. The number of ether oxygens (including phenoxy) is 1. The van der Waals surface area contributed by atoms with E-state index in [2.05, 4.69) is 27.7 Å². The molecule has 0 radical (unpaired) electrons. The van der Waals surface area contributed by atoms with Gasteiger partial charge in [0.15, 0.2) is 0 Å². The number of nitrogens with one attached hydrogen (secondary N) is 2. The van der Waals surface area contributed by atoms with E-state index in [4.69, 9.17) is 4.74 Å². The second-order valence-electron chi connectivity index (χ2n) is 5.40. The maximum absolute atomic E-state index is 11.8. The molecule has 1 aromatic rings. The van der Waals surface area contributed by atoms with Crippen molar-refractivity contribution in [2.75, 3.05) is 45.2 Å². The van der Waals surface area contributed by atoms with E-state index in [0.717, 1.165) is 12.2 Å². The van der Waals surface area contributed by atoms with Crippen molar-refractivity contribution in [1.82, 2.24) is 10.2 Å². The van der Waals surface area contributed by atoms with Gasteiger partial charge >= 0.3 is 0 Å². The van der Waals surface area contributed by atoms with E-state index in [1.807, 2.05) is 12.1 Å². The molecule has 1 saturated heterocycles. The maximum atomic E-state index is 11.8. The summed E-state index contributed by atoms with van der Waals surface area (Å²) in [6, 6.07) is 8.11. The summed E-state index contributed by atoms with van der Waals surface area (Å²) in [5.74, 6) is -0.0237. The molecule has 5 nitrogen and oxygen atoms in total. The van der Waals surface area contributed by atoms with Crippen LogP contribution in [0.3, 0.4) is 0 Å². The normalized spacial score (nSPS) is 15.3. The number of anilines is 1. The standard InChI is InChI=1S/C16H25N3O2/c1-21-10-7-17-12-16(20)18-15-6-4-5-14(11-15)13-19-8-2-3-9-19/h4-6,11,17H,2-3,7-10,12-13H2,1H3,(H,18,20). The van der Waals surface area contributed by atoms with Gasteiger partial charge in [-0.3, -0.25) is 9.69 Å². The molecule has 0 bridgehead atoms. The SMILES string of the molecule is COCCNCC(=O)Nc1cccc(CN2CCCC2)c1. The van der Waals surface area contributed by atoms with E-state index in [-0.39, 0.29) is 5.91 Å². The molecular weight excluding hydrogens is 266 g/mol. The number of nitrogens with zero attached hydrogens (tertiary/aromatic N) is 1. The highest BCUT2D eigenvalue weighted by molar-refractivity contribution is 5.92. The first-order chi connectivity index (χ1) is 10.3. The minimum absolute atomic E-state index is 0.0237. The zero-order valence-electron chi connectivity index (χ0n) is 12.7. The van der Waals surface area contributed by atoms with Crippen LogP contribution in [0.25, 0.3) is 0 Å². The topological polar surface area (TPSA) is 53.6 Å². The Hall–Kier alpha value is -1.43. The molecule has 1 aliphatic heterocycles. The van der Waals surface area contributed by atoms with Crippen molar-refractivity contribution >= 4 is 11.6 Å². The largest absolute Gasteiger partial charge is 0.383 e. The predicted molar refractivity (Wildman–Crippen MR) is 84.3 cm³/mol. The van der Waals surface area contributed by atoms with Gasteiger partial charge in [0.05, 0.1) is 13.2 Å². The Bertz CT molecular complexity index is 445. The third-order valence-corrected chi connectivity index (χ3v) is 3.58. The molecule has 116 valence electrons. The molecule has 0 spiro atoms. The Balaban J connectivity index is 1.78. The lowest BCUT2D eigenvalue weighted by Crippen LogP contribution is -2.30. The first kappa shape index (κ1) is 15.9. The zero-order chi connectivity index (χ0) is 14.9. The molecule has 2 N–H and O–H groups in total. The monoisotopic (exact) mass is 291 g/mol. The number of methoxy groups -OCH3 is 1. The first-order valence-corrected chi connectivity index (χ1v) is 7.59. The Morgan fingerprint density at radius 2 is 2.14 bits per heavy atom. The summed E-state index contributed by atoms with van der Waals surface area (Å²) in [5.41, 5.74) is 2.12. The molecule has 1 amide bonds. The van der Waals surface area contributed by atoms with Crippen LogP contribution in [0.4, 0.5) is 5.69 Å². The number of rotatable bonds is 8. The summed E-state index contributed by atoms with van der Waals surface area (Å²) < 4.78 is 4.92. The number of hydrogen-bond acceptors (Lipinski definition) is 4. The number of carbonyl (C=O) groups is 1. The van der Waals surface area contributed by atoms with E-state index in [0.29, 0.717) is 19.7 Å². The van der Waals surface area contributed by atoms with Gasteiger partial charge in [-0.2, -0.15) is 0 Å². The minimum atomic E-state index is -0.0237. The van der Waals surface area contributed by atoms with Crippen LogP contribution in [0.2, 0.25) is 0 Å². The molecule has 0 unspecified atom stereocenters. The van der Waals surface area contributed by atoms with Crippen molar-refractivity contribution in [3.05, 3.63) is 29.8 Å². The highest BCUT2D eigenvalue weighted by Crippen LogP contribution is 2.16. The summed E-state index contributed by atoms with van der Waals surface area (Å²) in [7, 11) is 1.65. The van der Waals surface area contributed by atoms with Crippen LogP contribution in [0.1, 0.15) is 18.4 Å². The average Bonchev–Trinajstić information content (AvgIpc) is 2.97. The molecule has 1 aromatic carbocycles. The molecule has 0 aliphatic carbocycles. The van der Waals surface area contributed by atoms with Crippen LogP contribution in [0.5, 0.6) is 0 Å². The van der Waals surface area contributed by atoms with Crippen molar-refractivity contribution in [3.63, 3.8) is 0 Å². The molecule has 1 heterocycles. The van der Waals surface area contributed by atoms with E-state index in [1.165, 1.54) is 31.5 Å². The van der Waals surface area contributed by atoms with Gasteiger partial charge in [0.25, 0.3) is 0 Å². The van der Waals surface area contributed by atoms with Crippen LogP contribution in [0.15, 0.2) is 24.3 Å². The maximum Gasteiger partial charge on any atom is 0.238 e. The van der Waals surface area contributed by atoms with Gasteiger partial charge in [0, 0.05) is 25.9 Å². The van der Waals surface area contributed by atoms with Crippen LogP contribution in [0, 0.1) is 0 Å². The van der Waals surface area contributed by atoms with Gasteiger partial charge in [-0.25, -0.2) is 0 Å². The molecular formula is C16H25N3O2. The number of benzene rings is 1. The molecule has 1 fully saturated rings. The first-order valence-electron chi connectivity index (χ1n) is 7.59. The summed E-state index contributed by atoms with van der Waals surface area (Å²) in [6.45, 7) is 4.92. The summed E-state index contributed by atoms with van der Waals surface area (Å²) in [4.78, 5) is 14.3. The second kappa shape index (κ2) is 8.77. The fourth-order valence-electron chi connectivity index (χ4n) is 2.53. The van der Waals surface area contributed by atoms with Gasteiger partial charge in [-0.05, 0) is 43.6 Å². The van der Waals surface area contributed by atoms with E-state index in [1.54, 1.807) is 7.11 Å². The zero-order valence-corrected chi connectivity index (χ0v) is 12.7. The molecule has 5 heteroatoms. The molecule has 0 atom stereocenters. The Kier molecular flexibility index (Phi) is 6.66.